The van der Waals surface area contributed by atoms with Gasteiger partial charge in [0.25, 0.3) is 0 Å². The zero-order valence-corrected chi connectivity index (χ0v) is 35.3. The van der Waals surface area contributed by atoms with E-state index in [1.807, 2.05) is 12.1 Å². The summed E-state index contributed by atoms with van der Waals surface area (Å²) in [7, 11) is 0. The number of fused-ring (bicyclic) bond motifs is 9. The first-order valence-electron chi connectivity index (χ1n) is 22.2. The molecule has 0 unspecified atom stereocenters. The van der Waals surface area contributed by atoms with Gasteiger partial charge >= 0.3 is 0 Å². The molecule has 10 aromatic carbocycles. The number of nitrogens with zero attached hydrogens (tertiary/aromatic N) is 1. The molecule has 0 atom stereocenters. The summed E-state index contributed by atoms with van der Waals surface area (Å²) in [5.74, 6) is 2.81. The van der Waals surface area contributed by atoms with E-state index in [1.165, 1.54) is 43.8 Å². The smallest absolute Gasteiger partial charge is 0.178 e. The molecular formula is C62H39NO2. The van der Waals surface area contributed by atoms with Gasteiger partial charge in [-0.05, 0) is 114 Å². The van der Waals surface area contributed by atoms with E-state index in [0.717, 1.165) is 61.6 Å². The Bertz CT molecular complexity index is 3610. The van der Waals surface area contributed by atoms with Gasteiger partial charge in [0.05, 0.1) is 16.8 Å². The highest BCUT2D eigenvalue weighted by Gasteiger charge is 2.48. The summed E-state index contributed by atoms with van der Waals surface area (Å²) >= 11 is 0. The van der Waals surface area contributed by atoms with Gasteiger partial charge in [0.15, 0.2) is 23.0 Å². The second-order valence-electron chi connectivity index (χ2n) is 17.0. The van der Waals surface area contributed by atoms with Gasteiger partial charge in [-0.1, -0.05) is 194 Å². The largest absolute Gasteiger partial charge is 0.449 e. The Labute approximate surface area is 377 Å². The normalized spacial score (nSPS) is 13.0. The van der Waals surface area contributed by atoms with Crippen molar-refractivity contribution in [3.8, 4) is 78.9 Å². The molecule has 0 fully saturated rings. The van der Waals surface area contributed by atoms with Crippen LogP contribution in [0.5, 0.6) is 23.0 Å². The van der Waals surface area contributed by atoms with Crippen LogP contribution in [0.25, 0.3) is 77.4 Å². The van der Waals surface area contributed by atoms with Crippen molar-refractivity contribution < 1.29 is 9.47 Å². The van der Waals surface area contributed by atoms with E-state index in [-0.39, 0.29) is 0 Å². The summed E-state index contributed by atoms with van der Waals surface area (Å²) in [5.41, 5.74) is 14.8. The lowest BCUT2D eigenvalue weighted by Crippen LogP contribution is -2.28. The van der Waals surface area contributed by atoms with Gasteiger partial charge in [-0.2, -0.15) is 0 Å². The molecule has 3 heteroatoms. The third kappa shape index (κ3) is 5.93. The molecule has 0 amide bonds. The minimum absolute atomic E-state index is 0.537. The van der Waals surface area contributed by atoms with Crippen LogP contribution < -0.4 is 9.47 Å². The standard InChI is InChI=1S/C62H39NO2/c1-4-16-41(17-5-1)55-37-47(43-29-31-51-45(35-43)28-27-40-15-10-11-24-50(40)51)38-56(63-55)46-19-14-18-42(36-46)44-30-33-57-59(39-44)65-61-58(64-57)34-32-54-60(61)52-25-12-13-26-53(52)62(54,48-20-6-2-7-21-48)49-22-8-3-9-23-49/h1-39H. The third-order valence-electron chi connectivity index (χ3n) is 13.4. The maximum atomic E-state index is 7.07. The summed E-state index contributed by atoms with van der Waals surface area (Å²) in [4.78, 5) is 5.30. The molecule has 13 rings (SSSR count). The minimum atomic E-state index is -0.537. The van der Waals surface area contributed by atoms with Gasteiger partial charge in [-0.3, -0.25) is 0 Å². The summed E-state index contributed by atoms with van der Waals surface area (Å²) in [6.07, 6.45) is 0. The van der Waals surface area contributed by atoms with Crippen molar-refractivity contribution in [3.05, 3.63) is 259 Å². The lowest BCUT2D eigenvalue weighted by molar-refractivity contribution is 0.360. The van der Waals surface area contributed by atoms with Gasteiger partial charge in [0.2, 0.25) is 0 Å². The van der Waals surface area contributed by atoms with Crippen molar-refractivity contribution >= 4 is 21.5 Å². The highest BCUT2D eigenvalue weighted by Crippen LogP contribution is 2.62. The van der Waals surface area contributed by atoms with E-state index in [2.05, 4.69) is 224 Å². The van der Waals surface area contributed by atoms with E-state index in [9.17, 15) is 0 Å². The molecule has 0 N–H and O–H groups in total. The number of ether oxygens (including phenoxy) is 2. The zero-order chi connectivity index (χ0) is 42.9. The lowest BCUT2D eigenvalue weighted by atomic mass is 9.68. The van der Waals surface area contributed by atoms with Gasteiger partial charge < -0.3 is 9.47 Å². The van der Waals surface area contributed by atoms with Gasteiger partial charge in [-0.15, -0.1) is 0 Å². The number of benzene rings is 10. The second kappa shape index (κ2) is 14.8. The number of rotatable bonds is 6. The van der Waals surface area contributed by atoms with Crippen molar-refractivity contribution in [2.45, 2.75) is 5.41 Å². The Hall–Kier alpha value is -8.53. The van der Waals surface area contributed by atoms with Crippen LogP contribution in [-0.2, 0) is 5.41 Å². The molecule has 0 spiro atoms. The second-order valence-corrected chi connectivity index (χ2v) is 17.0. The fourth-order valence-electron chi connectivity index (χ4n) is 10.4. The fourth-order valence-corrected chi connectivity index (χ4v) is 10.4. The molecule has 2 heterocycles. The number of hydrogen-bond donors (Lipinski definition) is 0. The quantitative estimate of drug-likeness (QED) is 0.156. The third-order valence-corrected chi connectivity index (χ3v) is 13.4. The molecule has 2 aliphatic rings. The highest BCUT2D eigenvalue weighted by atomic mass is 16.6. The van der Waals surface area contributed by atoms with Crippen LogP contribution in [0, 0.1) is 0 Å². The molecule has 0 radical (unpaired) electrons. The topological polar surface area (TPSA) is 31.4 Å². The predicted octanol–water partition coefficient (Wildman–Crippen LogP) is 16.3. The molecule has 1 aliphatic carbocycles. The molecule has 0 bridgehead atoms. The van der Waals surface area contributed by atoms with E-state index in [4.69, 9.17) is 14.5 Å². The molecule has 1 aromatic heterocycles. The van der Waals surface area contributed by atoms with Crippen molar-refractivity contribution in [2.24, 2.45) is 0 Å². The highest BCUT2D eigenvalue weighted by molar-refractivity contribution is 6.08. The average Bonchev–Trinajstić information content (AvgIpc) is 3.70. The van der Waals surface area contributed by atoms with Crippen LogP contribution in [0.4, 0.5) is 0 Å². The van der Waals surface area contributed by atoms with Crippen molar-refractivity contribution in [1.29, 1.82) is 0 Å². The Morgan fingerprint density at radius 2 is 0.923 bits per heavy atom. The van der Waals surface area contributed by atoms with Crippen LogP contribution >= 0.6 is 0 Å². The van der Waals surface area contributed by atoms with Crippen LogP contribution in [0.3, 0.4) is 0 Å². The SMILES string of the molecule is c1ccc(-c2cc(-c3ccc4c(ccc5ccccc54)c3)cc(-c3cccc(-c4ccc5c(c4)Oc4c(ccc6c4-c4ccccc4C6(c4ccccc4)c4ccccc4)O5)c3)n2)cc1. The number of hydrogen-bond acceptors (Lipinski definition) is 3. The molecule has 304 valence electrons. The van der Waals surface area contributed by atoms with Crippen LogP contribution in [0.15, 0.2) is 237 Å². The predicted molar refractivity (Wildman–Crippen MR) is 265 cm³/mol. The molecule has 1 aliphatic heterocycles. The van der Waals surface area contributed by atoms with Crippen LogP contribution in [0.2, 0.25) is 0 Å². The summed E-state index contributed by atoms with van der Waals surface area (Å²) in [6, 6.07) is 84.3. The van der Waals surface area contributed by atoms with E-state index >= 15 is 0 Å². The first-order chi connectivity index (χ1) is 32.2. The van der Waals surface area contributed by atoms with Gasteiger partial charge in [0, 0.05) is 16.7 Å². The van der Waals surface area contributed by atoms with E-state index in [1.54, 1.807) is 0 Å². The Morgan fingerprint density at radius 1 is 0.323 bits per heavy atom. The summed E-state index contributed by atoms with van der Waals surface area (Å²) < 4.78 is 13.8. The Balaban J connectivity index is 0.900. The average molecular weight is 830 g/mol. The zero-order valence-electron chi connectivity index (χ0n) is 35.3. The maximum absolute atomic E-state index is 7.07. The van der Waals surface area contributed by atoms with Crippen LogP contribution in [-0.4, -0.2) is 4.98 Å². The monoisotopic (exact) mass is 829 g/mol. The molecule has 11 aromatic rings. The fraction of sp³-hybridized carbons (Fsp3) is 0.0161. The van der Waals surface area contributed by atoms with Crippen molar-refractivity contribution in [2.75, 3.05) is 0 Å². The first-order valence-corrected chi connectivity index (χ1v) is 22.2. The van der Waals surface area contributed by atoms with Crippen molar-refractivity contribution in [1.82, 2.24) is 4.98 Å². The molecule has 3 nitrogen and oxygen atoms in total. The number of aromatic nitrogens is 1. The summed E-state index contributed by atoms with van der Waals surface area (Å²) in [6.45, 7) is 0. The van der Waals surface area contributed by atoms with Crippen LogP contribution in [0.1, 0.15) is 22.3 Å². The van der Waals surface area contributed by atoms with Gasteiger partial charge in [0.1, 0.15) is 0 Å². The Morgan fingerprint density at radius 3 is 1.74 bits per heavy atom. The van der Waals surface area contributed by atoms with Gasteiger partial charge in [-0.25, -0.2) is 4.98 Å². The molecule has 65 heavy (non-hydrogen) atoms. The molecule has 0 saturated heterocycles. The number of pyridine rings is 1. The van der Waals surface area contributed by atoms with E-state index in [0.29, 0.717) is 17.2 Å². The maximum Gasteiger partial charge on any atom is 0.178 e. The first kappa shape index (κ1) is 37.1. The minimum Gasteiger partial charge on any atom is -0.449 e. The van der Waals surface area contributed by atoms with Crippen molar-refractivity contribution in [3.63, 3.8) is 0 Å². The lowest BCUT2D eigenvalue weighted by Gasteiger charge is -2.34. The van der Waals surface area contributed by atoms with E-state index < -0.39 is 5.41 Å². The Kier molecular flexibility index (Phi) is 8.44. The molecule has 0 saturated carbocycles. The summed E-state index contributed by atoms with van der Waals surface area (Å²) in [5, 5.41) is 4.97. The molecular weight excluding hydrogens is 791 g/mol.